The molecule has 0 saturated carbocycles. The van der Waals surface area contributed by atoms with Gasteiger partial charge < -0.3 is 10.3 Å². The number of nitrogens with zero attached hydrogens (tertiary/aromatic N) is 1. The quantitative estimate of drug-likeness (QED) is 0.485. The van der Waals surface area contributed by atoms with Gasteiger partial charge in [-0.25, -0.2) is 0 Å². The molecule has 1 unspecified atom stereocenters. The van der Waals surface area contributed by atoms with Crippen molar-refractivity contribution in [2.24, 2.45) is 0 Å². The maximum Gasteiger partial charge on any atom is 0.193 e. The van der Waals surface area contributed by atoms with Crippen LogP contribution in [0, 0.1) is 19.1 Å². The maximum absolute atomic E-state index is 11.2. The first-order chi connectivity index (χ1) is 7.06. The van der Waals surface area contributed by atoms with Crippen LogP contribution in [-0.4, -0.2) is 17.0 Å². The molecule has 84 valence electrons. The fourth-order valence-corrected chi connectivity index (χ4v) is 2.30. The van der Waals surface area contributed by atoms with Crippen LogP contribution in [0.25, 0.3) is 0 Å². The van der Waals surface area contributed by atoms with E-state index in [9.17, 15) is 10.3 Å². The van der Waals surface area contributed by atoms with Crippen molar-refractivity contribution in [2.75, 3.05) is 5.75 Å². The lowest BCUT2D eigenvalue weighted by Crippen LogP contribution is -2.30. The predicted octanol–water partition coefficient (Wildman–Crippen LogP) is 1.80. The summed E-state index contributed by atoms with van der Waals surface area (Å²) in [5.74, 6) is 0.680. The first-order valence-corrected chi connectivity index (χ1v) is 6.05. The number of aliphatic hydroxyl groups is 1. The molecule has 1 N–H and O–H groups in total. The minimum Gasteiger partial charge on any atom is -0.619 e. The molecule has 3 nitrogen and oxygen atoms in total. The summed E-state index contributed by atoms with van der Waals surface area (Å²) in [5.41, 5.74) is 1.73. The third-order valence-electron chi connectivity index (χ3n) is 2.51. The van der Waals surface area contributed by atoms with Crippen molar-refractivity contribution in [2.45, 2.75) is 38.2 Å². The van der Waals surface area contributed by atoms with Crippen molar-refractivity contribution >= 4 is 11.8 Å². The number of thioether (sulfide) groups is 1. The summed E-state index contributed by atoms with van der Waals surface area (Å²) < 4.78 is 0.871. The van der Waals surface area contributed by atoms with Crippen LogP contribution in [0.3, 0.4) is 0 Å². The second kappa shape index (κ2) is 5.37. The minimum atomic E-state index is -0.269. The molecule has 0 saturated heterocycles. The third kappa shape index (κ3) is 3.11. The van der Waals surface area contributed by atoms with Gasteiger partial charge in [-0.3, -0.25) is 0 Å². The number of aliphatic hydroxyl groups excluding tert-OH is 1. The maximum atomic E-state index is 11.2. The van der Waals surface area contributed by atoms with Crippen LogP contribution in [0.2, 0.25) is 0 Å². The molecule has 1 atom stereocenters. The molecule has 1 aromatic rings. The van der Waals surface area contributed by atoms with E-state index in [0.29, 0.717) is 5.75 Å². The van der Waals surface area contributed by atoms with E-state index in [4.69, 9.17) is 0 Å². The summed E-state index contributed by atoms with van der Waals surface area (Å²) in [6, 6.07) is 1.81. The van der Waals surface area contributed by atoms with Crippen LogP contribution in [-0.2, 0) is 0 Å². The monoisotopic (exact) mass is 227 g/mol. The zero-order valence-electron chi connectivity index (χ0n) is 9.36. The molecule has 15 heavy (non-hydrogen) atoms. The van der Waals surface area contributed by atoms with Crippen LogP contribution < -0.4 is 4.73 Å². The van der Waals surface area contributed by atoms with E-state index in [2.05, 4.69) is 0 Å². The van der Waals surface area contributed by atoms with Gasteiger partial charge in [-0.2, -0.15) is 4.73 Å². The first kappa shape index (κ1) is 12.3. The molecule has 0 bridgehead atoms. The summed E-state index contributed by atoms with van der Waals surface area (Å²) in [5, 5.41) is 20.7. The van der Waals surface area contributed by atoms with Gasteiger partial charge in [0, 0.05) is 29.2 Å². The Morgan fingerprint density at radius 1 is 1.53 bits per heavy atom. The molecular formula is C11H17NO2S. The molecule has 0 aliphatic rings. The SMILES string of the molecule is CCC(O)CSc1cc[n+]([O-])c(C)c1C. The van der Waals surface area contributed by atoms with Gasteiger partial charge in [-0.1, -0.05) is 6.92 Å². The van der Waals surface area contributed by atoms with E-state index >= 15 is 0 Å². The highest BCUT2D eigenvalue weighted by Gasteiger charge is 2.10. The molecule has 1 aromatic heterocycles. The molecule has 0 spiro atoms. The lowest BCUT2D eigenvalue weighted by molar-refractivity contribution is -0.613. The standard InChI is InChI=1S/C11H17NO2S/c1-4-10(13)7-15-11-5-6-12(14)9(3)8(11)2/h5-6,10,13H,4,7H2,1-3H3. The Morgan fingerprint density at radius 3 is 2.80 bits per heavy atom. The van der Waals surface area contributed by atoms with Crippen LogP contribution in [0.5, 0.6) is 0 Å². The van der Waals surface area contributed by atoms with Crippen LogP contribution >= 0.6 is 11.8 Å². The van der Waals surface area contributed by atoms with Crippen molar-refractivity contribution in [1.82, 2.24) is 0 Å². The van der Waals surface area contributed by atoms with Crippen LogP contribution in [0.15, 0.2) is 17.2 Å². The fraction of sp³-hybridized carbons (Fsp3) is 0.545. The highest BCUT2D eigenvalue weighted by molar-refractivity contribution is 7.99. The van der Waals surface area contributed by atoms with Crippen molar-refractivity contribution < 1.29 is 9.84 Å². The Hall–Kier alpha value is -0.740. The van der Waals surface area contributed by atoms with Crippen LogP contribution in [0.4, 0.5) is 0 Å². The van der Waals surface area contributed by atoms with Gasteiger partial charge in [0.1, 0.15) is 0 Å². The Morgan fingerprint density at radius 2 is 2.20 bits per heavy atom. The molecule has 0 aliphatic heterocycles. The van der Waals surface area contributed by atoms with E-state index in [1.807, 2.05) is 26.8 Å². The van der Waals surface area contributed by atoms with Crippen molar-refractivity contribution in [3.05, 3.63) is 28.7 Å². The lowest BCUT2D eigenvalue weighted by atomic mass is 10.2. The zero-order valence-corrected chi connectivity index (χ0v) is 10.2. The second-order valence-electron chi connectivity index (χ2n) is 3.59. The fourth-order valence-electron chi connectivity index (χ4n) is 1.18. The molecular weight excluding hydrogens is 210 g/mol. The average molecular weight is 227 g/mol. The minimum absolute atomic E-state index is 0.269. The van der Waals surface area contributed by atoms with Gasteiger partial charge >= 0.3 is 0 Å². The van der Waals surface area contributed by atoms with Gasteiger partial charge in [-0.05, 0) is 13.3 Å². The van der Waals surface area contributed by atoms with Gasteiger partial charge in [0.15, 0.2) is 11.9 Å². The summed E-state index contributed by atoms with van der Waals surface area (Å²) in [4.78, 5) is 1.08. The molecule has 0 radical (unpaired) electrons. The summed E-state index contributed by atoms with van der Waals surface area (Å²) >= 11 is 1.60. The van der Waals surface area contributed by atoms with E-state index in [0.717, 1.165) is 27.3 Å². The molecule has 1 rings (SSSR count). The van der Waals surface area contributed by atoms with Gasteiger partial charge in [0.05, 0.1) is 6.10 Å². The molecule has 0 aliphatic carbocycles. The van der Waals surface area contributed by atoms with E-state index in [1.165, 1.54) is 6.20 Å². The number of rotatable bonds is 4. The lowest BCUT2D eigenvalue weighted by Gasteiger charge is -2.10. The Bertz CT molecular complexity index is 342. The number of aromatic nitrogens is 1. The highest BCUT2D eigenvalue weighted by atomic mass is 32.2. The number of pyridine rings is 1. The molecule has 0 fully saturated rings. The summed E-state index contributed by atoms with van der Waals surface area (Å²) in [6.45, 7) is 5.70. The number of hydrogen-bond acceptors (Lipinski definition) is 3. The van der Waals surface area contributed by atoms with E-state index in [1.54, 1.807) is 11.8 Å². The zero-order chi connectivity index (χ0) is 11.4. The molecule has 4 heteroatoms. The molecule has 0 amide bonds. The number of hydrogen-bond donors (Lipinski definition) is 1. The topological polar surface area (TPSA) is 47.2 Å². The predicted molar refractivity (Wildman–Crippen MR) is 61.9 cm³/mol. The van der Waals surface area contributed by atoms with Gasteiger partial charge in [0.25, 0.3) is 0 Å². The summed E-state index contributed by atoms with van der Waals surface area (Å²) in [6.07, 6.45) is 2.01. The van der Waals surface area contributed by atoms with Crippen molar-refractivity contribution in [1.29, 1.82) is 0 Å². The van der Waals surface area contributed by atoms with Crippen molar-refractivity contribution in [3.63, 3.8) is 0 Å². The third-order valence-corrected chi connectivity index (χ3v) is 3.81. The highest BCUT2D eigenvalue weighted by Crippen LogP contribution is 2.23. The average Bonchev–Trinajstić information content (AvgIpc) is 2.24. The normalized spacial score (nSPS) is 12.8. The molecule has 1 heterocycles. The Labute approximate surface area is 94.7 Å². The summed E-state index contributed by atoms with van der Waals surface area (Å²) in [7, 11) is 0. The Kier molecular flexibility index (Phi) is 4.42. The second-order valence-corrected chi connectivity index (χ2v) is 4.65. The van der Waals surface area contributed by atoms with Gasteiger partial charge in [-0.15, -0.1) is 11.8 Å². The van der Waals surface area contributed by atoms with Gasteiger partial charge in [0.2, 0.25) is 0 Å². The molecule has 0 aromatic carbocycles. The Balaban J connectivity index is 2.74. The smallest absolute Gasteiger partial charge is 0.193 e. The van der Waals surface area contributed by atoms with E-state index < -0.39 is 0 Å². The largest absolute Gasteiger partial charge is 0.619 e. The first-order valence-electron chi connectivity index (χ1n) is 5.06. The van der Waals surface area contributed by atoms with Crippen molar-refractivity contribution in [3.8, 4) is 0 Å². The van der Waals surface area contributed by atoms with Crippen LogP contribution in [0.1, 0.15) is 24.6 Å². The van der Waals surface area contributed by atoms with E-state index in [-0.39, 0.29) is 6.10 Å².